The van der Waals surface area contributed by atoms with Gasteiger partial charge in [-0.2, -0.15) is 0 Å². The molecule has 9 heteroatoms. The molecule has 0 amide bonds. The van der Waals surface area contributed by atoms with Gasteiger partial charge in [0.05, 0.1) is 46.9 Å². The number of aromatic nitrogens is 1. The van der Waals surface area contributed by atoms with E-state index in [2.05, 4.69) is 11.1 Å². The van der Waals surface area contributed by atoms with Crippen LogP contribution < -0.4 is 0 Å². The van der Waals surface area contributed by atoms with Gasteiger partial charge in [-0.25, -0.2) is 9.78 Å². The minimum Gasteiger partial charge on any atom is -0.462 e. The van der Waals surface area contributed by atoms with E-state index < -0.39 is 35.6 Å². The van der Waals surface area contributed by atoms with Gasteiger partial charge in [-0.05, 0) is 75.7 Å². The normalized spacial score (nSPS) is 26.9. The van der Waals surface area contributed by atoms with Gasteiger partial charge in [0.25, 0.3) is 0 Å². The lowest BCUT2D eigenvalue weighted by atomic mass is 9.73. The summed E-state index contributed by atoms with van der Waals surface area (Å²) in [6.45, 7) is 11.0. The Balaban J connectivity index is 1.83. The molecular formula is C36H49NO7S. The second kappa shape index (κ2) is 17.0. The number of carbonyl (C=O) groups excluding carboxylic acids is 3. The maximum absolute atomic E-state index is 13.4. The molecule has 45 heavy (non-hydrogen) atoms. The molecule has 0 spiro atoms. The van der Waals surface area contributed by atoms with Gasteiger partial charge in [0.15, 0.2) is 0 Å². The van der Waals surface area contributed by atoms with E-state index in [-0.39, 0.29) is 30.7 Å². The van der Waals surface area contributed by atoms with Gasteiger partial charge in [-0.1, -0.05) is 57.5 Å². The topological polar surface area (TPSA) is 123 Å². The predicted molar refractivity (Wildman–Crippen MR) is 177 cm³/mol. The van der Waals surface area contributed by atoms with E-state index in [0.29, 0.717) is 31.2 Å². The number of ether oxygens (including phenoxy) is 2. The molecule has 1 aromatic carbocycles. The molecule has 246 valence electrons. The lowest BCUT2D eigenvalue weighted by Gasteiger charge is -2.34. The Labute approximate surface area is 271 Å². The average molecular weight is 640 g/mol. The number of rotatable bonds is 7. The lowest BCUT2D eigenvalue weighted by Crippen LogP contribution is -2.45. The van der Waals surface area contributed by atoms with E-state index in [9.17, 15) is 24.6 Å². The summed E-state index contributed by atoms with van der Waals surface area (Å²) in [7, 11) is 0. The number of aryl methyl sites for hydroxylation is 1. The number of aliphatic hydroxyl groups excluding tert-OH is 2. The van der Waals surface area contributed by atoms with Crippen molar-refractivity contribution in [2.24, 2.45) is 17.3 Å². The molecular weight excluding hydrogens is 590 g/mol. The summed E-state index contributed by atoms with van der Waals surface area (Å²) in [5.74, 6) is -2.09. The summed E-state index contributed by atoms with van der Waals surface area (Å²) >= 11 is 1.54. The Bertz CT molecular complexity index is 1350. The maximum atomic E-state index is 13.4. The molecule has 1 aromatic heterocycles. The predicted octanol–water partition coefficient (Wildman–Crippen LogP) is 6.88. The number of aliphatic hydroxyl groups is 2. The molecule has 0 fully saturated rings. The number of cyclic esters (lactones) is 1. The smallest absolute Gasteiger partial charge is 0.338 e. The highest BCUT2D eigenvalue weighted by Crippen LogP contribution is 2.33. The van der Waals surface area contributed by atoms with E-state index in [4.69, 9.17) is 9.47 Å². The first-order valence-corrected chi connectivity index (χ1v) is 16.8. The molecule has 0 saturated carbocycles. The molecule has 0 aliphatic carbocycles. The highest BCUT2D eigenvalue weighted by atomic mass is 32.1. The maximum Gasteiger partial charge on any atom is 0.338 e. The molecule has 5 atom stereocenters. The fraction of sp³-hybridized carbons (Fsp3) is 0.556. The van der Waals surface area contributed by atoms with Crippen molar-refractivity contribution < 1.29 is 34.1 Å². The molecule has 1 aliphatic rings. The number of hydrogen-bond acceptors (Lipinski definition) is 9. The van der Waals surface area contributed by atoms with Crippen LogP contribution in [0.15, 0.2) is 52.9 Å². The summed E-state index contributed by atoms with van der Waals surface area (Å²) in [4.78, 5) is 43.5. The number of carbonyl (C=O) groups is 3. The van der Waals surface area contributed by atoms with Crippen molar-refractivity contribution in [3.63, 3.8) is 0 Å². The van der Waals surface area contributed by atoms with Crippen LogP contribution in [0.1, 0.15) is 101 Å². The first-order valence-electron chi connectivity index (χ1n) is 15.9. The van der Waals surface area contributed by atoms with Crippen LogP contribution >= 0.6 is 11.3 Å². The van der Waals surface area contributed by atoms with Crippen LogP contribution in [-0.2, 0) is 19.1 Å². The third-order valence-corrected chi connectivity index (χ3v) is 9.59. The SMILES string of the molecule is C/C(=C\c1csc(C)n1)[C@@H]1C/C=C(/CCCOC(=O)c2ccccc2)CCC[C@H](C)[C@H](O)[C@@H](C)C(=O)C(C)(C)[C@@H](O)CC(=O)O1. The molecule has 1 aliphatic heterocycles. The first-order chi connectivity index (χ1) is 21.3. The van der Waals surface area contributed by atoms with E-state index in [1.165, 1.54) is 11.3 Å². The van der Waals surface area contributed by atoms with Gasteiger partial charge in [0, 0.05) is 17.7 Å². The van der Waals surface area contributed by atoms with E-state index in [1.54, 1.807) is 45.0 Å². The Hall–Kier alpha value is -3.14. The zero-order chi connectivity index (χ0) is 33.1. The molecule has 0 unspecified atom stereocenters. The van der Waals surface area contributed by atoms with Crippen molar-refractivity contribution in [3.05, 3.63) is 69.2 Å². The number of esters is 2. The summed E-state index contributed by atoms with van der Waals surface area (Å²) < 4.78 is 11.4. The van der Waals surface area contributed by atoms with E-state index in [0.717, 1.165) is 34.7 Å². The second-order valence-corrected chi connectivity index (χ2v) is 13.9. The molecule has 2 heterocycles. The number of hydrogen-bond donors (Lipinski definition) is 2. The van der Waals surface area contributed by atoms with Crippen molar-refractivity contribution in [2.75, 3.05) is 6.61 Å². The Morgan fingerprint density at radius 3 is 2.56 bits per heavy atom. The van der Waals surface area contributed by atoms with Crippen LogP contribution in [0.25, 0.3) is 6.08 Å². The van der Waals surface area contributed by atoms with Gasteiger partial charge >= 0.3 is 11.9 Å². The van der Waals surface area contributed by atoms with Crippen molar-refractivity contribution in [3.8, 4) is 0 Å². The van der Waals surface area contributed by atoms with Gasteiger partial charge in [-0.15, -0.1) is 11.3 Å². The summed E-state index contributed by atoms with van der Waals surface area (Å²) in [6.07, 6.45) is 4.92. The van der Waals surface area contributed by atoms with E-state index in [1.807, 2.05) is 38.3 Å². The average Bonchev–Trinajstić information content (AvgIpc) is 3.43. The minimum absolute atomic E-state index is 0.137. The van der Waals surface area contributed by atoms with Crippen LogP contribution in [0.4, 0.5) is 0 Å². The van der Waals surface area contributed by atoms with Crippen LogP contribution in [0.2, 0.25) is 0 Å². The Morgan fingerprint density at radius 2 is 1.89 bits per heavy atom. The van der Waals surface area contributed by atoms with Crippen molar-refractivity contribution in [1.82, 2.24) is 4.98 Å². The van der Waals surface area contributed by atoms with Crippen molar-refractivity contribution in [1.29, 1.82) is 0 Å². The fourth-order valence-corrected chi connectivity index (χ4v) is 6.23. The third kappa shape index (κ3) is 10.7. The number of ketones is 1. The van der Waals surface area contributed by atoms with Gasteiger partial charge in [0.1, 0.15) is 11.9 Å². The van der Waals surface area contributed by atoms with Gasteiger partial charge < -0.3 is 19.7 Å². The number of thiazole rings is 1. The Kier molecular flexibility index (Phi) is 13.7. The minimum atomic E-state index is -1.27. The summed E-state index contributed by atoms with van der Waals surface area (Å²) in [5, 5.41) is 24.9. The summed E-state index contributed by atoms with van der Waals surface area (Å²) in [6, 6.07) is 8.89. The molecule has 8 nitrogen and oxygen atoms in total. The highest BCUT2D eigenvalue weighted by Gasteiger charge is 2.42. The Morgan fingerprint density at radius 1 is 1.18 bits per heavy atom. The number of allylic oxidation sites excluding steroid dienone is 1. The standard InChI is InChI=1S/C36H49NO7S/c1-23-12-10-13-27(14-11-19-43-35(42)28-15-8-7-9-16-28)17-18-30(24(2)20-29-22-45-26(4)37-29)44-32(39)21-31(38)36(5,6)34(41)25(3)33(23)40/h7-9,15-17,20,22-23,25,30-31,33,38,40H,10-14,18-19,21H2,1-6H3/b24-20+,27-17+/t23-,25+,30-,31-,33-/m0/s1. The molecule has 2 N–H and O–H groups in total. The zero-order valence-electron chi connectivity index (χ0n) is 27.5. The van der Waals surface area contributed by atoms with Crippen molar-refractivity contribution >= 4 is 35.1 Å². The monoisotopic (exact) mass is 639 g/mol. The molecule has 0 radical (unpaired) electrons. The first kappa shape index (κ1) is 36.3. The molecule has 2 aromatic rings. The number of Topliss-reactive ketones (excluding diaryl/α,β-unsaturated/α-hetero) is 1. The van der Waals surface area contributed by atoms with Crippen LogP contribution in [0.5, 0.6) is 0 Å². The zero-order valence-corrected chi connectivity index (χ0v) is 28.3. The molecule has 0 bridgehead atoms. The van der Waals surface area contributed by atoms with Gasteiger partial charge in [0.2, 0.25) is 0 Å². The third-order valence-electron chi connectivity index (χ3n) is 8.79. The van der Waals surface area contributed by atoms with Crippen LogP contribution in [0, 0.1) is 24.2 Å². The summed E-state index contributed by atoms with van der Waals surface area (Å²) in [5.41, 5.74) is 2.01. The van der Waals surface area contributed by atoms with Crippen molar-refractivity contribution in [2.45, 2.75) is 105 Å². The number of benzene rings is 1. The second-order valence-electron chi connectivity index (χ2n) is 12.8. The largest absolute Gasteiger partial charge is 0.462 e. The molecule has 3 rings (SSSR count). The van der Waals surface area contributed by atoms with Gasteiger partial charge in [-0.3, -0.25) is 9.59 Å². The molecule has 0 saturated heterocycles. The fourth-order valence-electron chi connectivity index (χ4n) is 5.66. The lowest BCUT2D eigenvalue weighted by molar-refractivity contribution is -0.154. The number of nitrogens with zero attached hydrogens (tertiary/aromatic N) is 1. The highest BCUT2D eigenvalue weighted by molar-refractivity contribution is 7.09. The quantitative estimate of drug-likeness (QED) is 0.191. The van der Waals surface area contributed by atoms with E-state index >= 15 is 0 Å². The van der Waals surface area contributed by atoms with Crippen LogP contribution in [-0.4, -0.2) is 57.8 Å². The van der Waals surface area contributed by atoms with Crippen LogP contribution in [0.3, 0.4) is 0 Å².